The summed E-state index contributed by atoms with van der Waals surface area (Å²) in [5, 5.41) is 8.63. The predicted molar refractivity (Wildman–Crippen MR) is 67.2 cm³/mol. The Kier molecular flexibility index (Phi) is 4.49. The summed E-state index contributed by atoms with van der Waals surface area (Å²) in [4.78, 5) is 27.3. The van der Waals surface area contributed by atoms with Gasteiger partial charge in [-0.1, -0.05) is 0 Å². The second-order valence-corrected chi connectivity index (χ2v) is 5.27. The van der Waals surface area contributed by atoms with Gasteiger partial charge in [-0.05, 0) is 19.8 Å². The molecule has 1 aliphatic rings. The Morgan fingerprint density at radius 1 is 1.68 bits per heavy atom. The Hall–Kier alpha value is -1.47. The summed E-state index contributed by atoms with van der Waals surface area (Å²) in [6, 6.07) is 0. The van der Waals surface area contributed by atoms with E-state index in [1.807, 2.05) is 0 Å². The van der Waals surface area contributed by atoms with Gasteiger partial charge in [0.2, 0.25) is 0 Å². The number of thiazole rings is 1. The molecule has 2 rings (SSSR count). The molecule has 0 saturated carbocycles. The molecule has 0 bridgehead atoms. The molecule has 1 aromatic heterocycles. The molecule has 6 nitrogen and oxygen atoms in total. The summed E-state index contributed by atoms with van der Waals surface area (Å²) in [6.45, 7) is 2.23. The van der Waals surface area contributed by atoms with Crippen LogP contribution in [0.3, 0.4) is 0 Å². The maximum absolute atomic E-state index is 11.9. The van der Waals surface area contributed by atoms with Gasteiger partial charge < -0.3 is 14.6 Å². The first kappa shape index (κ1) is 14.0. The van der Waals surface area contributed by atoms with Crippen molar-refractivity contribution in [2.45, 2.75) is 38.4 Å². The van der Waals surface area contributed by atoms with Crippen molar-refractivity contribution in [3.05, 3.63) is 16.1 Å². The number of hydrogen-bond donors (Lipinski definition) is 1. The SMILES string of the molecule is CC(CC(=O)O)OC(=O)c1ncsc1[C@H]1CCCO1. The molecule has 1 unspecified atom stereocenters. The number of esters is 1. The van der Waals surface area contributed by atoms with E-state index in [0.717, 1.165) is 17.7 Å². The van der Waals surface area contributed by atoms with E-state index in [0.29, 0.717) is 6.61 Å². The van der Waals surface area contributed by atoms with E-state index in [-0.39, 0.29) is 18.2 Å². The summed E-state index contributed by atoms with van der Waals surface area (Å²) < 4.78 is 10.6. The lowest BCUT2D eigenvalue weighted by Crippen LogP contribution is -2.19. The third-order valence-electron chi connectivity index (χ3n) is 2.78. The number of carboxylic acids is 1. The number of aromatic nitrogens is 1. The van der Waals surface area contributed by atoms with Crippen molar-refractivity contribution in [3.8, 4) is 0 Å². The van der Waals surface area contributed by atoms with Crippen molar-refractivity contribution in [3.63, 3.8) is 0 Å². The van der Waals surface area contributed by atoms with E-state index in [4.69, 9.17) is 14.6 Å². The summed E-state index contributed by atoms with van der Waals surface area (Å²) in [5.41, 5.74) is 1.82. The average Bonchev–Trinajstić information content (AvgIpc) is 2.98. The van der Waals surface area contributed by atoms with Crippen LogP contribution in [0.15, 0.2) is 5.51 Å². The first-order chi connectivity index (χ1) is 9.08. The largest absolute Gasteiger partial charge is 0.481 e. The molecule has 7 heteroatoms. The van der Waals surface area contributed by atoms with Crippen molar-refractivity contribution in [2.75, 3.05) is 6.61 Å². The van der Waals surface area contributed by atoms with Crippen LogP contribution in [0.4, 0.5) is 0 Å². The van der Waals surface area contributed by atoms with Crippen LogP contribution in [0.25, 0.3) is 0 Å². The monoisotopic (exact) mass is 285 g/mol. The number of carbonyl (C=O) groups is 2. The lowest BCUT2D eigenvalue weighted by Gasteiger charge is -2.12. The van der Waals surface area contributed by atoms with Crippen molar-refractivity contribution >= 4 is 23.3 Å². The molecule has 1 aliphatic heterocycles. The number of nitrogens with zero attached hydrogens (tertiary/aromatic N) is 1. The normalized spacial score (nSPS) is 20.2. The van der Waals surface area contributed by atoms with Gasteiger partial charge in [-0.15, -0.1) is 11.3 Å². The van der Waals surface area contributed by atoms with Crippen LogP contribution in [-0.2, 0) is 14.3 Å². The van der Waals surface area contributed by atoms with Crippen LogP contribution in [0.5, 0.6) is 0 Å². The molecule has 0 amide bonds. The third kappa shape index (κ3) is 3.51. The van der Waals surface area contributed by atoms with E-state index in [9.17, 15) is 9.59 Å². The topological polar surface area (TPSA) is 85.7 Å². The molecule has 0 spiro atoms. The minimum atomic E-state index is -1.00. The lowest BCUT2D eigenvalue weighted by molar-refractivity contribution is -0.138. The first-order valence-electron chi connectivity index (χ1n) is 6.05. The molecule has 1 aromatic rings. The van der Waals surface area contributed by atoms with E-state index < -0.39 is 18.0 Å². The van der Waals surface area contributed by atoms with Crippen LogP contribution in [0, 0.1) is 0 Å². The van der Waals surface area contributed by atoms with Crippen molar-refractivity contribution in [1.29, 1.82) is 0 Å². The van der Waals surface area contributed by atoms with Gasteiger partial charge in [0.15, 0.2) is 5.69 Å². The number of carbonyl (C=O) groups excluding carboxylic acids is 1. The summed E-state index contributed by atoms with van der Waals surface area (Å²) in [6.07, 6.45) is 0.846. The Bertz CT molecular complexity index is 466. The molecule has 104 valence electrons. The Labute approximate surface area is 114 Å². The maximum atomic E-state index is 11.9. The second-order valence-electron chi connectivity index (χ2n) is 4.38. The number of hydrogen-bond acceptors (Lipinski definition) is 6. The van der Waals surface area contributed by atoms with Crippen molar-refractivity contribution < 1.29 is 24.2 Å². The molecule has 19 heavy (non-hydrogen) atoms. The van der Waals surface area contributed by atoms with Gasteiger partial charge in [0.25, 0.3) is 0 Å². The molecule has 1 N–H and O–H groups in total. The van der Waals surface area contributed by atoms with Gasteiger partial charge in [-0.3, -0.25) is 4.79 Å². The Morgan fingerprint density at radius 2 is 2.47 bits per heavy atom. The van der Waals surface area contributed by atoms with Gasteiger partial charge in [0.05, 0.1) is 22.9 Å². The highest BCUT2D eigenvalue weighted by molar-refractivity contribution is 7.10. The molecule has 0 aliphatic carbocycles. The molecular formula is C12H15NO5S. The minimum absolute atomic E-state index is 0.0928. The fraction of sp³-hybridized carbons (Fsp3) is 0.583. The number of aliphatic carboxylic acids is 1. The zero-order valence-corrected chi connectivity index (χ0v) is 11.3. The summed E-state index contributed by atoms with van der Waals surface area (Å²) >= 11 is 1.36. The fourth-order valence-corrected chi connectivity index (χ4v) is 2.80. The maximum Gasteiger partial charge on any atom is 0.358 e. The summed E-state index contributed by atoms with van der Waals surface area (Å²) in [5.74, 6) is -1.58. The van der Waals surface area contributed by atoms with Gasteiger partial charge in [0, 0.05) is 6.61 Å². The second kappa shape index (κ2) is 6.12. The van der Waals surface area contributed by atoms with Gasteiger partial charge in [-0.2, -0.15) is 0 Å². The number of rotatable bonds is 5. The highest BCUT2D eigenvalue weighted by Gasteiger charge is 2.27. The Morgan fingerprint density at radius 3 is 3.11 bits per heavy atom. The van der Waals surface area contributed by atoms with Crippen molar-refractivity contribution in [2.24, 2.45) is 0 Å². The van der Waals surface area contributed by atoms with E-state index in [1.165, 1.54) is 11.3 Å². The first-order valence-corrected chi connectivity index (χ1v) is 6.93. The molecule has 2 atom stereocenters. The van der Waals surface area contributed by atoms with Crippen LogP contribution in [-0.4, -0.2) is 34.7 Å². The van der Waals surface area contributed by atoms with Gasteiger partial charge in [-0.25, -0.2) is 9.78 Å². The van der Waals surface area contributed by atoms with Crippen LogP contribution in [0.2, 0.25) is 0 Å². The van der Waals surface area contributed by atoms with E-state index >= 15 is 0 Å². The number of ether oxygens (including phenoxy) is 2. The zero-order valence-electron chi connectivity index (χ0n) is 10.5. The number of carboxylic acid groups (broad SMARTS) is 1. The smallest absolute Gasteiger partial charge is 0.358 e. The van der Waals surface area contributed by atoms with E-state index in [2.05, 4.69) is 4.98 Å². The zero-order chi connectivity index (χ0) is 13.8. The van der Waals surface area contributed by atoms with Crippen LogP contribution >= 0.6 is 11.3 Å². The highest BCUT2D eigenvalue weighted by Crippen LogP contribution is 2.33. The highest BCUT2D eigenvalue weighted by atomic mass is 32.1. The lowest BCUT2D eigenvalue weighted by atomic mass is 10.2. The fourth-order valence-electron chi connectivity index (χ4n) is 1.95. The third-order valence-corrected chi connectivity index (χ3v) is 3.70. The van der Waals surface area contributed by atoms with Crippen LogP contribution in [0.1, 0.15) is 47.7 Å². The average molecular weight is 285 g/mol. The standard InChI is InChI=1S/C12H15NO5S/c1-7(5-9(14)15)18-12(16)10-11(19-6-13-10)8-3-2-4-17-8/h6-8H,2-5H2,1H3,(H,14,15)/t7?,8-/m1/s1. The van der Waals surface area contributed by atoms with Crippen molar-refractivity contribution in [1.82, 2.24) is 4.98 Å². The van der Waals surface area contributed by atoms with Gasteiger partial charge >= 0.3 is 11.9 Å². The Balaban J connectivity index is 2.03. The summed E-state index contributed by atoms with van der Waals surface area (Å²) in [7, 11) is 0. The molecular weight excluding hydrogens is 270 g/mol. The van der Waals surface area contributed by atoms with Gasteiger partial charge in [0.1, 0.15) is 6.10 Å². The molecule has 2 heterocycles. The molecule has 0 radical (unpaired) electrons. The molecule has 1 saturated heterocycles. The molecule has 0 aromatic carbocycles. The van der Waals surface area contributed by atoms with E-state index in [1.54, 1.807) is 12.4 Å². The molecule has 1 fully saturated rings. The van der Waals surface area contributed by atoms with Crippen LogP contribution < -0.4 is 0 Å². The quantitative estimate of drug-likeness (QED) is 0.833. The minimum Gasteiger partial charge on any atom is -0.481 e. The predicted octanol–water partition coefficient (Wildman–Crippen LogP) is 2.01.